The minimum absolute atomic E-state index is 0.0840. The Kier molecular flexibility index (Phi) is 4.98. The summed E-state index contributed by atoms with van der Waals surface area (Å²) in [6.45, 7) is 17.3. The second-order valence-electron chi connectivity index (χ2n) is 14.4. The van der Waals surface area contributed by atoms with Crippen LogP contribution in [0.5, 0.6) is 0 Å². The Hall–Kier alpha value is -0.300. The van der Waals surface area contributed by atoms with E-state index in [1.165, 1.54) is 69.8 Å². The lowest BCUT2D eigenvalue weighted by atomic mass is 9.41. The third kappa shape index (κ3) is 2.71. The molecule has 5 saturated carbocycles. The minimum atomic E-state index is -0.0840. The Labute approximate surface area is 192 Å². The zero-order valence-corrected chi connectivity index (χ0v) is 21.7. The molecule has 0 aromatic rings. The number of aliphatic hydroxyl groups excluding tert-OH is 1. The molecule has 0 aromatic heterocycles. The summed E-state index contributed by atoms with van der Waals surface area (Å²) < 4.78 is 0. The number of aliphatic hydroxyl groups is 1. The zero-order chi connectivity index (χ0) is 22.4. The van der Waals surface area contributed by atoms with Gasteiger partial charge in [0.25, 0.3) is 0 Å². The molecule has 2 spiro atoms. The van der Waals surface area contributed by atoms with Gasteiger partial charge in [-0.15, -0.1) is 0 Å². The molecule has 0 amide bonds. The predicted molar refractivity (Wildman–Crippen MR) is 131 cm³/mol. The first-order valence-electron chi connectivity index (χ1n) is 13.8. The van der Waals surface area contributed by atoms with Crippen molar-refractivity contribution in [3.8, 4) is 0 Å². The third-order valence-corrected chi connectivity index (χ3v) is 13.0. The lowest BCUT2D eigenvalue weighted by Gasteiger charge is -2.63. The molecule has 0 unspecified atom stereocenters. The Balaban J connectivity index is 1.41. The van der Waals surface area contributed by atoms with Crippen molar-refractivity contribution in [2.45, 2.75) is 125 Å². The quantitative estimate of drug-likeness (QED) is 0.449. The van der Waals surface area contributed by atoms with Gasteiger partial charge in [0, 0.05) is 0 Å². The van der Waals surface area contributed by atoms with E-state index in [-0.39, 0.29) is 11.5 Å². The van der Waals surface area contributed by atoms with Gasteiger partial charge in [-0.1, -0.05) is 46.3 Å². The average molecular weight is 427 g/mol. The minimum Gasteiger partial charge on any atom is -0.393 e. The van der Waals surface area contributed by atoms with Crippen LogP contribution in [-0.4, -0.2) is 11.2 Å². The standard InChI is InChI=1S/C30H50O/c1-20(2)9-8-10-21(3)22-13-15-28(7)24-12-11-23-26(4,5)25(31)14-16-29(23)19-30(24,29)18-17-27(22,28)6/h9,21-25,31H,8,10-19H2,1-7H3/t21-,22+,23+,24+,25-,27+,28-,29+,30-/m0/s1. The van der Waals surface area contributed by atoms with Crippen molar-refractivity contribution < 1.29 is 5.11 Å². The molecule has 1 nitrogen and oxygen atoms in total. The topological polar surface area (TPSA) is 20.2 Å². The monoisotopic (exact) mass is 426 g/mol. The van der Waals surface area contributed by atoms with Crippen LogP contribution >= 0.6 is 0 Å². The van der Waals surface area contributed by atoms with Gasteiger partial charge in [0.2, 0.25) is 0 Å². The maximum atomic E-state index is 10.8. The van der Waals surface area contributed by atoms with E-state index in [1.54, 1.807) is 0 Å². The van der Waals surface area contributed by atoms with Crippen LogP contribution in [0.15, 0.2) is 11.6 Å². The molecule has 1 heteroatoms. The van der Waals surface area contributed by atoms with Gasteiger partial charge in [-0.3, -0.25) is 0 Å². The average Bonchev–Trinajstić information content (AvgIpc) is 3.27. The first-order valence-corrected chi connectivity index (χ1v) is 13.8. The Morgan fingerprint density at radius 2 is 1.55 bits per heavy atom. The molecule has 1 N–H and O–H groups in total. The molecule has 0 aliphatic heterocycles. The fourth-order valence-electron chi connectivity index (χ4n) is 11.1. The van der Waals surface area contributed by atoms with E-state index in [0.29, 0.717) is 21.7 Å². The smallest absolute Gasteiger partial charge is 0.0594 e. The van der Waals surface area contributed by atoms with Gasteiger partial charge >= 0.3 is 0 Å². The van der Waals surface area contributed by atoms with Crippen LogP contribution in [0.3, 0.4) is 0 Å². The Morgan fingerprint density at radius 3 is 2.26 bits per heavy atom. The summed E-state index contributed by atoms with van der Waals surface area (Å²) in [4.78, 5) is 0. The molecule has 0 radical (unpaired) electrons. The van der Waals surface area contributed by atoms with Crippen molar-refractivity contribution >= 4 is 0 Å². The van der Waals surface area contributed by atoms with E-state index in [1.807, 2.05) is 0 Å². The van der Waals surface area contributed by atoms with E-state index in [4.69, 9.17) is 0 Å². The number of hydrogen-bond donors (Lipinski definition) is 1. The molecule has 0 aromatic carbocycles. The van der Waals surface area contributed by atoms with Gasteiger partial charge in [0.15, 0.2) is 0 Å². The summed E-state index contributed by atoms with van der Waals surface area (Å²) in [6, 6.07) is 0. The predicted octanol–water partition coefficient (Wildman–Crippen LogP) is 8.17. The number of fused-ring (bicyclic) bond motifs is 2. The molecule has 5 rings (SSSR count). The van der Waals surface area contributed by atoms with Crippen molar-refractivity contribution in [2.24, 2.45) is 50.7 Å². The third-order valence-electron chi connectivity index (χ3n) is 13.0. The Bertz CT molecular complexity index is 760. The normalized spacial score (nSPS) is 52.9. The maximum absolute atomic E-state index is 10.8. The molecule has 31 heavy (non-hydrogen) atoms. The molecular formula is C30H50O. The highest BCUT2D eigenvalue weighted by atomic mass is 16.3. The molecule has 0 bridgehead atoms. The van der Waals surface area contributed by atoms with Crippen molar-refractivity contribution in [1.29, 1.82) is 0 Å². The molecule has 5 aliphatic carbocycles. The fraction of sp³-hybridized carbons (Fsp3) is 0.933. The van der Waals surface area contributed by atoms with Crippen LogP contribution in [0, 0.1) is 50.7 Å². The first kappa shape index (κ1) is 22.5. The summed E-state index contributed by atoms with van der Waals surface area (Å²) in [5, 5.41) is 10.8. The SMILES string of the molecule is CC(C)=CCC[C@H](C)[C@H]1CC[C@@]2(C)[C@H]3CC[C@@H]4C(C)(C)[C@@H](O)CC[C@@]45C[C@@]35CC[C@]12C. The van der Waals surface area contributed by atoms with Crippen molar-refractivity contribution in [3.05, 3.63) is 11.6 Å². The van der Waals surface area contributed by atoms with Crippen molar-refractivity contribution in [2.75, 3.05) is 0 Å². The van der Waals surface area contributed by atoms with Gasteiger partial charge in [-0.05, 0) is 135 Å². The molecule has 9 atom stereocenters. The Morgan fingerprint density at radius 1 is 0.871 bits per heavy atom. The second-order valence-corrected chi connectivity index (χ2v) is 14.4. The lowest BCUT2D eigenvalue weighted by Crippen LogP contribution is -2.57. The summed E-state index contributed by atoms with van der Waals surface area (Å²) in [5.74, 6) is 3.46. The van der Waals surface area contributed by atoms with Crippen LogP contribution in [0.25, 0.3) is 0 Å². The summed E-state index contributed by atoms with van der Waals surface area (Å²) >= 11 is 0. The first-order chi connectivity index (χ1) is 14.4. The summed E-state index contributed by atoms with van der Waals surface area (Å²) in [6.07, 6.45) is 17.6. The van der Waals surface area contributed by atoms with E-state index in [0.717, 1.165) is 30.1 Å². The van der Waals surface area contributed by atoms with E-state index < -0.39 is 0 Å². The highest BCUT2D eigenvalue weighted by Crippen LogP contribution is 2.89. The highest BCUT2D eigenvalue weighted by Gasteiger charge is 2.82. The van der Waals surface area contributed by atoms with Crippen LogP contribution in [0.1, 0.15) is 119 Å². The largest absolute Gasteiger partial charge is 0.393 e. The summed E-state index contributed by atoms with van der Waals surface area (Å²) in [7, 11) is 0. The van der Waals surface area contributed by atoms with Crippen LogP contribution < -0.4 is 0 Å². The van der Waals surface area contributed by atoms with Gasteiger partial charge in [0.05, 0.1) is 6.10 Å². The van der Waals surface area contributed by atoms with Gasteiger partial charge in [-0.2, -0.15) is 0 Å². The molecule has 0 saturated heterocycles. The molecule has 176 valence electrons. The van der Waals surface area contributed by atoms with Crippen molar-refractivity contribution in [1.82, 2.24) is 0 Å². The molecular weight excluding hydrogens is 376 g/mol. The molecule has 5 fully saturated rings. The molecule has 0 heterocycles. The zero-order valence-electron chi connectivity index (χ0n) is 21.7. The summed E-state index contributed by atoms with van der Waals surface area (Å²) in [5.41, 5.74) is 3.87. The van der Waals surface area contributed by atoms with Crippen LogP contribution in [0.4, 0.5) is 0 Å². The molecule has 5 aliphatic rings. The highest BCUT2D eigenvalue weighted by molar-refractivity contribution is 5.30. The number of allylic oxidation sites excluding steroid dienone is 2. The van der Waals surface area contributed by atoms with E-state index >= 15 is 0 Å². The van der Waals surface area contributed by atoms with Crippen LogP contribution in [-0.2, 0) is 0 Å². The van der Waals surface area contributed by atoms with Gasteiger partial charge < -0.3 is 5.11 Å². The fourth-order valence-corrected chi connectivity index (χ4v) is 11.1. The number of hydrogen-bond acceptors (Lipinski definition) is 1. The van der Waals surface area contributed by atoms with E-state index in [9.17, 15) is 5.11 Å². The van der Waals surface area contributed by atoms with E-state index in [2.05, 4.69) is 54.5 Å². The maximum Gasteiger partial charge on any atom is 0.0594 e. The number of rotatable bonds is 4. The second kappa shape index (κ2) is 6.86. The van der Waals surface area contributed by atoms with Gasteiger partial charge in [0.1, 0.15) is 0 Å². The van der Waals surface area contributed by atoms with Gasteiger partial charge in [-0.25, -0.2) is 0 Å². The van der Waals surface area contributed by atoms with Crippen molar-refractivity contribution in [3.63, 3.8) is 0 Å². The lowest BCUT2D eigenvalue weighted by molar-refractivity contribution is -0.161. The van der Waals surface area contributed by atoms with Crippen LogP contribution in [0.2, 0.25) is 0 Å².